The van der Waals surface area contributed by atoms with Crippen molar-refractivity contribution < 1.29 is 0 Å². The molecule has 0 bridgehead atoms. The van der Waals surface area contributed by atoms with E-state index < -0.39 is 0 Å². The third-order valence-electron chi connectivity index (χ3n) is 10.6. The Hall–Kier alpha value is -7.65. The smallest absolute Gasteiger partial charge is 0.0991 e. The van der Waals surface area contributed by atoms with Gasteiger partial charge in [0.1, 0.15) is 0 Å². The van der Waals surface area contributed by atoms with Crippen molar-refractivity contribution in [3.63, 3.8) is 0 Å². The van der Waals surface area contributed by atoms with Gasteiger partial charge in [0, 0.05) is 71.4 Å². The van der Waals surface area contributed by atoms with Crippen LogP contribution < -0.4 is 14.7 Å². The maximum Gasteiger partial charge on any atom is 0.0991 e. The van der Waals surface area contributed by atoms with E-state index in [0.29, 0.717) is 5.56 Å². The fraction of sp³-hybridized carbons (Fsp3) is 0. The predicted octanol–water partition coefficient (Wildman–Crippen LogP) is 15.5. The van der Waals surface area contributed by atoms with Gasteiger partial charge in [0.2, 0.25) is 0 Å². The second-order valence-electron chi connectivity index (χ2n) is 14.2. The molecule has 4 nitrogen and oxygen atoms in total. The number of nitrogens with zero attached hydrogens (tertiary/aromatic N) is 4. The topological polar surface area (TPSA) is 33.5 Å². The highest BCUT2D eigenvalue weighted by atomic mass is 32.1. The lowest BCUT2D eigenvalue weighted by atomic mass is 10.1. The lowest BCUT2D eigenvalue weighted by molar-refractivity contribution is 1.24. The van der Waals surface area contributed by atoms with E-state index in [9.17, 15) is 5.26 Å². The lowest BCUT2D eigenvalue weighted by Crippen LogP contribution is -2.14. The fourth-order valence-electron chi connectivity index (χ4n) is 7.89. The Bertz CT molecular complexity index is 3060. The van der Waals surface area contributed by atoms with E-state index in [4.69, 9.17) is 0 Å². The average molecular weight is 761 g/mol. The Morgan fingerprint density at radius 3 is 1.38 bits per heavy atom. The van der Waals surface area contributed by atoms with Crippen molar-refractivity contribution in [3.05, 3.63) is 224 Å². The molecule has 1 heterocycles. The zero-order valence-electron chi connectivity index (χ0n) is 31.5. The van der Waals surface area contributed by atoms with Crippen LogP contribution in [0.4, 0.5) is 51.2 Å². The van der Waals surface area contributed by atoms with Crippen molar-refractivity contribution in [3.8, 4) is 6.07 Å². The minimum Gasteiger partial charge on any atom is -0.310 e. The Kier molecular flexibility index (Phi) is 9.08. The molecule has 10 rings (SSSR count). The highest BCUT2D eigenvalue weighted by Gasteiger charge is 2.20. The van der Waals surface area contributed by atoms with E-state index in [1.807, 2.05) is 47.7 Å². The summed E-state index contributed by atoms with van der Waals surface area (Å²) in [5.74, 6) is 0. The number of thiophene rings is 1. The van der Waals surface area contributed by atoms with Gasteiger partial charge in [0.25, 0.3) is 0 Å². The number of benzene rings is 9. The number of para-hydroxylation sites is 2. The van der Waals surface area contributed by atoms with Crippen molar-refractivity contribution in [1.82, 2.24) is 0 Å². The molecule has 58 heavy (non-hydrogen) atoms. The van der Waals surface area contributed by atoms with E-state index in [2.05, 4.69) is 203 Å². The molecule has 0 unspecified atom stereocenters. The Morgan fingerprint density at radius 2 is 0.741 bits per heavy atom. The van der Waals surface area contributed by atoms with E-state index >= 15 is 0 Å². The molecule has 0 spiro atoms. The summed E-state index contributed by atoms with van der Waals surface area (Å²) < 4.78 is 2.53. The predicted molar refractivity (Wildman–Crippen MR) is 246 cm³/mol. The quantitative estimate of drug-likeness (QED) is 0.147. The number of rotatable bonds is 9. The van der Waals surface area contributed by atoms with Crippen molar-refractivity contribution in [2.24, 2.45) is 0 Å². The molecule has 0 saturated carbocycles. The first-order valence-electron chi connectivity index (χ1n) is 19.3. The van der Waals surface area contributed by atoms with Crippen molar-refractivity contribution in [1.29, 1.82) is 5.26 Å². The summed E-state index contributed by atoms with van der Waals surface area (Å²) in [7, 11) is 0. The molecular weight excluding hydrogens is 725 g/mol. The molecule has 10 aromatic rings. The molecule has 0 atom stereocenters. The van der Waals surface area contributed by atoms with Crippen LogP contribution in [0.5, 0.6) is 0 Å². The average Bonchev–Trinajstić information content (AvgIpc) is 3.66. The zero-order chi connectivity index (χ0) is 38.8. The Labute approximate surface area is 341 Å². The van der Waals surface area contributed by atoms with Crippen molar-refractivity contribution in [2.45, 2.75) is 0 Å². The molecule has 274 valence electrons. The highest BCUT2D eigenvalue weighted by Crippen LogP contribution is 2.45. The molecule has 0 N–H and O–H groups in total. The van der Waals surface area contributed by atoms with E-state index in [0.717, 1.165) is 51.2 Å². The monoisotopic (exact) mass is 760 g/mol. The normalized spacial score (nSPS) is 11.1. The van der Waals surface area contributed by atoms with Crippen molar-refractivity contribution in [2.75, 3.05) is 14.7 Å². The first-order chi connectivity index (χ1) is 28.7. The van der Waals surface area contributed by atoms with Crippen LogP contribution in [0.3, 0.4) is 0 Å². The number of hydrogen-bond donors (Lipinski definition) is 0. The van der Waals surface area contributed by atoms with Gasteiger partial charge < -0.3 is 14.7 Å². The summed E-state index contributed by atoms with van der Waals surface area (Å²) in [6, 6.07) is 79.2. The summed E-state index contributed by atoms with van der Waals surface area (Å²) in [6.45, 7) is 0. The summed E-state index contributed by atoms with van der Waals surface area (Å²) in [5.41, 5.74) is 9.88. The van der Waals surface area contributed by atoms with Crippen LogP contribution in [0.25, 0.3) is 30.9 Å². The summed E-state index contributed by atoms with van der Waals surface area (Å²) in [5, 5.41) is 14.7. The second kappa shape index (κ2) is 15.1. The van der Waals surface area contributed by atoms with Crippen LogP contribution in [0, 0.1) is 11.3 Å². The van der Waals surface area contributed by atoms with Gasteiger partial charge in [-0.05, 0) is 126 Å². The van der Waals surface area contributed by atoms with Crippen LogP contribution in [0.2, 0.25) is 0 Å². The third-order valence-corrected chi connectivity index (χ3v) is 11.7. The first-order valence-corrected chi connectivity index (χ1v) is 20.1. The minimum absolute atomic E-state index is 0.615. The fourth-order valence-corrected chi connectivity index (χ4v) is 9.03. The summed E-state index contributed by atoms with van der Waals surface area (Å²) >= 11 is 1.83. The van der Waals surface area contributed by atoms with Gasteiger partial charge >= 0.3 is 0 Å². The summed E-state index contributed by atoms with van der Waals surface area (Å²) in [4.78, 5) is 6.91. The van der Waals surface area contributed by atoms with E-state index in [-0.39, 0.29) is 0 Å². The van der Waals surface area contributed by atoms with Gasteiger partial charge in [-0.2, -0.15) is 5.26 Å². The van der Waals surface area contributed by atoms with Gasteiger partial charge in [-0.15, -0.1) is 11.3 Å². The van der Waals surface area contributed by atoms with Crippen LogP contribution in [-0.4, -0.2) is 0 Å². The molecule has 0 saturated heterocycles. The van der Waals surface area contributed by atoms with Gasteiger partial charge in [0.15, 0.2) is 0 Å². The van der Waals surface area contributed by atoms with Crippen molar-refractivity contribution >= 4 is 93.5 Å². The van der Waals surface area contributed by atoms with Crippen LogP contribution in [-0.2, 0) is 0 Å². The van der Waals surface area contributed by atoms with Gasteiger partial charge in [-0.1, -0.05) is 103 Å². The van der Waals surface area contributed by atoms with Crippen LogP contribution in [0.15, 0.2) is 218 Å². The minimum atomic E-state index is 0.615. The molecule has 0 aliphatic carbocycles. The van der Waals surface area contributed by atoms with Gasteiger partial charge in [-0.25, -0.2) is 0 Å². The standard InChI is InChI=1S/C53H36N4S/c54-37-38-25-28-43(29-26-38)56(45-20-11-19-44(34-45)55(41-15-3-1-4-16-41)42-17-5-2-6-18-42)46-21-12-22-47(35-46)57(48-30-27-39-13-7-8-14-40(39)33-48)49-31-32-51-50-23-9-10-24-52(50)58-53(51)36-49/h1-36H. The number of nitriles is 1. The molecule has 0 aliphatic heterocycles. The van der Waals surface area contributed by atoms with E-state index in [1.54, 1.807) is 0 Å². The molecule has 0 radical (unpaired) electrons. The Balaban J connectivity index is 1.14. The molecule has 0 fully saturated rings. The summed E-state index contributed by atoms with van der Waals surface area (Å²) in [6.07, 6.45) is 0. The maximum absolute atomic E-state index is 9.73. The maximum atomic E-state index is 9.73. The zero-order valence-corrected chi connectivity index (χ0v) is 32.3. The second-order valence-corrected chi connectivity index (χ2v) is 15.3. The number of hydrogen-bond acceptors (Lipinski definition) is 5. The molecule has 1 aromatic heterocycles. The van der Waals surface area contributed by atoms with Gasteiger partial charge in [-0.3, -0.25) is 0 Å². The van der Waals surface area contributed by atoms with Gasteiger partial charge in [0.05, 0.1) is 11.6 Å². The Morgan fingerprint density at radius 1 is 0.310 bits per heavy atom. The number of fused-ring (bicyclic) bond motifs is 4. The first kappa shape index (κ1) is 34.8. The van der Waals surface area contributed by atoms with Crippen LogP contribution >= 0.6 is 11.3 Å². The molecule has 9 aromatic carbocycles. The molecular formula is C53H36N4S. The molecule has 0 amide bonds. The SMILES string of the molecule is N#Cc1ccc(N(c2cccc(N(c3ccccc3)c3ccccc3)c2)c2cccc(N(c3ccc4ccccc4c3)c3ccc4c(c3)sc3ccccc34)c2)cc1. The number of anilines is 9. The largest absolute Gasteiger partial charge is 0.310 e. The highest BCUT2D eigenvalue weighted by molar-refractivity contribution is 7.25. The van der Waals surface area contributed by atoms with Crippen LogP contribution in [0.1, 0.15) is 5.56 Å². The van der Waals surface area contributed by atoms with E-state index in [1.165, 1.54) is 30.9 Å². The third kappa shape index (κ3) is 6.58. The molecule has 0 aliphatic rings. The molecule has 5 heteroatoms. The lowest BCUT2D eigenvalue weighted by Gasteiger charge is -2.31.